The van der Waals surface area contributed by atoms with Crippen LogP contribution in [0.1, 0.15) is 32.4 Å². The van der Waals surface area contributed by atoms with Crippen LogP contribution in [0.2, 0.25) is 0 Å². The maximum absolute atomic E-state index is 13.2. The van der Waals surface area contributed by atoms with Crippen LogP contribution >= 0.6 is 0 Å². The van der Waals surface area contributed by atoms with Crippen molar-refractivity contribution in [1.82, 2.24) is 29.9 Å². The summed E-state index contributed by atoms with van der Waals surface area (Å²) < 4.78 is 125. The van der Waals surface area contributed by atoms with Crippen LogP contribution in [0.25, 0.3) is 67.2 Å². The number of esters is 1. The number of hydrogen-bond donors (Lipinski definition) is 4. The first-order valence-corrected chi connectivity index (χ1v) is 20.7. The van der Waals surface area contributed by atoms with Crippen molar-refractivity contribution in [1.29, 1.82) is 0 Å². The number of nitrogens with zero attached hydrogens (tertiary/aromatic N) is 3. The predicted molar refractivity (Wildman–Crippen MR) is 245 cm³/mol. The summed E-state index contributed by atoms with van der Waals surface area (Å²) in [5.41, 5.74) is 9.57. The number of imidazole rings is 3. The number of nitrogens with two attached hydrogens (primary N) is 1. The number of rotatable bonds is 9. The average molecular weight is 982 g/mol. The number of methoxy groups -OCH3 is 1. The molecule has 0 aliphatic heterocycles. The number of ether oxygens (including phenoxy) is 2. The number of amides is 1. The first-order valence-electron chi connectivity index (χ1n) is 20.7. The van der Waals surface area contributed by atoms with Crippen molar-refractivity contribution in [2.75, 3.05) is 7.11 Å². The van der Waals surface area contributed by atoms with Crippen molar-refractivity contribution in [3.05, 3.63) is 193 Å². The van der Waals surface area contributed by atoms with Gasteiger partial charge in [-0.3, -0.25) is 4.79 Å². The average Bonchev–Trinajstić information content (AvgIpc) is 4.18. The lowest BCUT2D eigenvalue weighted by Crippen LogP contribution is -2.17. The fourth-order valence-corrected chi connectivity index (χ4v) is 7.12. The third-order valence-corrected chi connectivity index (χ3v) is 10.3. The lowest BCUT2D eigenvalue weighted by atomic mass is 9.97. The van der Waals surface area contributed by atoms with Gasteiger partial charge < -0.3 is 30.2 Å². The van der Waals surface area contributed by atoms with Crippen molar-refractivity contribution < 1.29 is 58.6 Å². The van der Waals surface area contributed by atoms with Gasteiger partial charge in [0.1, 0.15) is 5.75 Å². The predicted octanol–water partition coefficient (Wildman–Crippen LogP) is 13.1. The minimum absolute atomic E-state index is 0.00825. The molecule has 0 atom stereocenters. The molecule has 0 spiro atoms. The number of para-hydroxylation sites is 1. The third kappa shape index (κ3) is 12.6. The van der Waals surface area contributed by atoms with E-state index in [1.165, 1.54) is 55.9 Å². The molecular formula is C51H36F9N7O4. The molecule has 362 valence electrons. The zero-order valence-electron chi connectivity index (χ0n) is 36.6. The zero-order chi connectivity index (χ0) is 50.9. The van der Waals surface area contributed by atoms with E-state index >= 15 is 0 Å². The zero-order valence-corrected chi connectivity index (χ0v) is 36.6. The van der Waals surface area contributed by atoms with Crippen molar-refractivity contribution in [2.45, 2.75) is 18.7 Å². The summed E-state index contributed by atoms with van der Waals surface area (Å²) in [5.74, 6) is -1.54. The minimum atomic E-state index is -4.73. The highest BCUT2D eigenvalue weighted by Gasteiger charge is 2.35. The van der Waals surface area contributed by atoms with Gasteiger partial charge in [0.2, 0.25) is 5.82 Å². The van der Waals surface area contributed by atoms with Gasteiger partial charge in [-0.05, 0) is 64.2 Å². The van der Waals surface area contributed by atoms with Gasteiger partial charge in [-0.2, -0.15) is 26.3 Å². The molecule has 1 amide bonds. The van der Waals surface area contributed by atoms with E-state index in [1.807, 2.05) is 6.07 Å². The molecule has 0 aliphatic rings. The summed E-state index contributed by atoms with van der Waals surface area (Å²) >= 11 is 0. The molecule has 0 fully saturated rings. The van der Waals surface area contributed by atoms with E-state index in [2.05, 4.69) is 39.4 Å². The van der Waals surface area contributed by atoms with E-state index in [1.54, 1.807) is 104 Å². The standard InChI is InChI=1S/C18H13F3N2O2.C17H12F3N3O.C16H11F3N2O/c1-25-17(24)16-22-10-15(23-16)12-6-4-5-11(9-12)13-7-2-3-8-14(13)18(19,20)21;18-17(19,20)13-7-2-1-6-12(13)10-4-3-5-11(8-10)14-9-22-16(23-14)15(21)24;17-16(18,19)22-15-7-2-1-6-13(15)11-4-3-5-12(8-11)14-9-20-10-21-14/h2-10H,1H3,(H,22,23);1-9H,(H2,21,24)(H,22,23);1-10H,(H,20,21). The van der Waals surface area contributed by atoms with Crippen molar-refractivity contribution in [3.8, 4) is 72.9 Å². The molecule has 0 saturated carbocycles. The Bertz CT molecular complexity index is 3270. The smallest absolute Gasteiger partial charge is 0.463 e. The van der Waals surface area contributed by atoms with Crippen LogP contribution in [0.15, 0.2) is 171 Å². The summed E-state index contributed by atoms with van der Waals surface area (Å²) in [6, 6.07) is 37.1. The van der Waals surface area contributed by atoms with E-state index in [0.717, 1.165) is 23.4 Å². The molecule has 0 saturated heterocycles. The number of benzene rings is 6. The molecule has 9 aromatic rings. The highest BCUT2D eigenvalue weighted by atomic mass is 19.4. The van der Waals surface area contributed by atoms with Gasteiger partial charge in [-0.15, -0.1) is 13.2 Å². The minimum Gasteiger partial charge on any atom is -0.463 e. The Balaban J connectivity index is 0.000000157. The molecule has 71 heavy (non-hydrogen) atoms. The number of H-pyrrole nitrogens is 3. The molecule has 0 aliphatic carbocycles. The van der Waals surface area contributed by atoms with Crippen LogP contribution < -0.4 is 10.5 Å². The molecule has 3 heterocycles. The summed E-state index contributed by atoms with van der Waals surface area (Å²) in [7, 11) is 1.24. The van der Waals surface area contributed by atoms with Gasteiger partial charge in [0.25, 0.3) is 5.91 Å². The Morgan fingerprint density at radius 1 is 0.507 bits per heavy atom. The Morgan fingerprint density at radius 2 is 0.930 bits per heavy atom. The van der Waals surface area contributed by atoms with Gasteiger partial charge in [0.15, 0.2) is 5.82 Å². The van der Waals surface area contributed by atoms with Crippen LogP contribution in [-0.4, -0.2) is 55.3 Å². The number of aromatic amines is 3. The van der Waals surface area contributed by atoms with Gasteiger partial charge in [-0.25, -0.2) is 19.7 Å². The highest BCUT2D eigenvalue weighted by molar-refractivity contribution is 5.90. The van der Waals surface area contributed by atoms with Crippen molar-refractivity contribution >= 4 is 11.9 Å². The van der Waals surface area contributed by atoms with Gasteiger partial charge in [-0.1, -0.05) is 109 Å². The van der Waals surface area contributed by atoms with Crippen LogP contribution in [0, 0.1) is 0 Å². The van der Waals surface area contributed by atoms with Crippen molar-refractivity contribution in [3.63, 3.8) is 0 Å². The van der Waals surface area contributed by atoms with Crippen LogP contribution in [0.5, 0.6) is 5.75 Å². The number of carbonyl (C=O) groups excluding carboxylic acids is 2. The molecule has 6 aromatic carbocycles. The van der Waals surface area contributed by atoms with Crippen molar-refractivity contribution in [2.24, 2.45) is 5.73 Å². The van der Waals surface area contributed by atoms with Crippen LogP contribution in [-0.2, 0) is 17.1 Å². The Morgan fingerprint density at radius 3 is 1.37 bits per heavy atom. The molecule has 11 nitrogen and oxygen atoms in total. The molecular weight excluding hydrogens is 946 g/mol. The maximum atomic E-state index is 13.2. The van der Waals surface area contributed by atoms with Gasteiger partial charge >= 0.3 is 24.7 Å². The summed E-state index contributed by atoms with van der Waals surface area (Å²) in [6.45, 7) is 0. The molecule has 0 radical (unpaired) electrons. The Labute approximate surface area is 397 Å². The Kier molecular flexibility index (Phi) is 14.9. The number of hydrogen-bond acceptors (Lipinski definition) is 7. The number of aromatic nitrogens is 6. The third-order valence-electron chi connectivity index (χ3n) is 10.3. The maximum Gasteiger partial charge on any atom is 0.573 e. The van der Waals surface area contributed by atoms with E-state index in [0.29, 0.717) is 44.8 Å². The SMILES string of the molecule is COC(=O)c1ncc(-c2cccc(-c3ccccc3C(F)(F)F)c2)[nH]1.FC(F)(F)Oc1ccccc1-c1cccc(-c2cnc[nH]2)c1.NC(=O)c1ncc(-c2cccc(-c3ccccc3C(F)(F)F)c2)[nH]1. The molecule has 9 rings (SSSR count). The highest BCUT2D eigenvalue weighted by Crippen LogP contribution is 2.40. The molecule has 5 N–H and O–H groups in total. The summed E-state index contributed by atoms with van der Waals surface area (Å²) in [5, 5.41) is 0. The number of carbonyl (C=O) groups is 2. The van der Waals surface area contributed by atoms with E-state index in [-0.39, 0.29) is 28.5 Å². The molecule has 3 aromatic heterocycles. The van der Waals surface area contributed by atoms with Gasteiger partial charge in [0, 0.05) is 22.3 Å². The largest absolute Gasteiger partial charge is 0.573 e. The number of alkyl halides is 9. The number of nitrogens with one attached hydrogen (secondary N) is 3. The first kappa shape index (κ1) is 50.0. The topological polar surface area (TPSA) is 165 Å². The van der Waals surface area contributed by atoms with E-state index in [4.69, 9.17) is 5.73 Å². The van der Waals surface area contributed by atoms with Gasteiger partial charge in [0.05, 0.1) is 60.2 Å². The fraction of sp³-hybridized carbons (Fsp3) is 0.0784. The lowest BCUT2D eigenvalue weighted by Gasteiger charge is -2.13. The quantitative estimate of drug-likeness (QED) is 0.0826. The molecule has 0 unspecified atom stereocenters. The second-order valence-corrected chi connectivity index (χ2v) is 15.0. The second-order valence-electron chi connectivity index (χ2n) is 15.0. The summed E-state index contributed by atoms with van der Waals surface area (Å²) in [4.78, 5) is 42.7. The summed E-state index contributed by atoms with van der Waals surface area (Å²) in [6.07, 6.45) is -7.58. The van der Waals surface area contributed by atoms with Crippen LogP contribution in [0.3, 0.4) is 0 Å². The van der Waals surface area contributed by atoms with E-state index < -0.39 is 41.7 Å². The second kappa shape index (κ2) is 21.1. The number of primary amides is 1. The normalized spacial score (nSPS) is 11.4. The fourth-order valence-electron chi connectivity index (χ4n) is 7.12. The molecule has 0 bridgehead atoms. The molecule has 20 heteroatoms. The lowest BCUT2D eigenvalue weighted by molar-refractivity contribution is -0.274. The van der Waals surface area contributed by atoms with Crippen LogP contribution in [0.4, 0.5) is 39.5 Å². The Hall–Kier alpha value is -8.94. The monoisotopic (exact) mass is 981 g/mol. The van der Waals surface area contributed by atoms with E-state index in [9.17, 15) is 49.1 Å². The number of halogens is 9. The first-order chi connectivity index (χ1) is 33.8.